The highest BCUT2D eigenvalue weighted by atomic mass is 16.5. The van der Waals surface area contributed by atoms with E-state index >= 15 is 0 Å². The lowest BCUT2D eigenvalue weighted by Crippen LogP contribution is -2.15. The van der Waals surface area contributed by atoms with E-state index in [-0.39, 0.29) is 5.91 Å². The first kappa shape index (κ1) is 13.5. The molecule has 1 aliphatic carbocycles. The maximum Gasteiger partial charge on any atom is 0.225 e. The minimum absolute atomic E-state index is 0.00287. The van der Waals surface area contributed by atoms with Crippen molar-refractivity contribution in [1.29, 1.82) is 0 Å². The van der Waals surface area contributed by atoms with Crippen LogP contribution in [0.2, 0.25) is 0 Å². The summed E-state index contributed by atoms with van der Waals surface area (Å²) in [5, 5.41) is 2.89. The van der Waals surface area contributed by atoms with Gasteiger partial charge in [0.2, 0.25) is 5.91 Å². The molecule has 1 N–H and O–H groups in total. The van der Waals surface area contributed by atoms with E-state index < -0.39 is 0 Å². The zero-order chi connectivity index (χ0) is 13.7. The van der Waals surface area contributed by atoms with Gasteiger partial charge < -0.3 is 14.8 Å². The third kappa shape index (κ3) is 3.50. The third-order valence-corrected chi connectivity index (χ3v) is 3.24. The first-order valence-corrected chi connectivity index (χ1v) is 6.41. The van der Waals surface area contributed by atoms with Gasteiger partial charge in [0.05, 0.1) is 19.9 Å². The minimum atomic E-state index is 0.00287. The Morgan fingerprint density at radius 1 is 1.37 bits per heavy atom. The molecule has 0 aromatic heterocycles. The Morgan fingerprint density at radius 2 is 2.21 bits per heavy atom. The van der Waals surface area contributed by atoms with Crippen molar-refractivity contribution in [3.63, 3.8) is 0 Å². The Kier molecular flexibility index (Phi) is 4.44. The van der Waals surface area contributed by atoms with E-state index in [9.17, 15) is 4.79 Å². The molecular formula is C15H19NO3. The lowest BCUT2D eigenvalue weighted by molar-refractivity contribution is -0.116. The summed E-state index contributed by atoms with van der Waals surface area (Å²) in [5.41, 5.74) is 0.647. The smallest absolute Gasteiger partial charge is 0.225 e. The van der Waals surface area contributed by atoms with Crippen molar-refractivity contribution in [3.05, 3.63) is 30.4 Å². The molecule has 19 heavy (non-hydrogen) atoms. The molecule has 0 radical (unpaired) electrons. The number of rotatable bonds is 5. The summed E-state index contributed by atoms with van der Waals surface area (Å²) >= 11 is 0. The molecule has 0 saturated carbocycles. The van der Waals surface area contributed by atoms with Crippen LogP contribution in [-0.2, 0) is 4.79 Å². The van der Waals surface area contributed by atoms with E-state index in [2.05, 4.69) is 17.5 Å². The maximum atomic E-state index is 12.0. The molecule has 0 bridgehead atoms. The SMILES string of the molecule is COc1ccc(OC)c(NC(=O)C[C@H]2C=CCC2)c1. The van der Waals surface area contributed by atoms with Crippen LogP contribution >= 0.6 is 0 Å². The zero-order valence-electron chi connectivity index (χ0n) is 11.3. The summed E-state index contributed by atoms with van der Waals surface area (Å²) in [4.78, 5) is 12.0. The van der Waals surface area contributed by atoms with Gasteiger partial charge in [-0.15, -0.1) is 0 Å². The number of nitrogens with one attached hydrogen (secondary N) is 1. The van der Waals surface area contributed by atoms with Crippen LogP contribution in [0.4, 0.5) is 5.69 Å². The number of hydrogen-bond donors (Lipinski definition) is 1. The van der Waals surface area contributed by atoms with Crippen molar-refractivity contribution < 1.29 is 14.3 Å². The molecule has 1 aliphatic rings. The highest BCUT2D eigenvalue weighted by Crippen LogP contribution is 2.29. The Morgan fingerprint density at radius 3 is 2.84 bits per heavy atom. The van der Waals surface area contributed by atoms with Crippen LogP contribution in [0.3, 0.4) is 0 Å². The van der Waals surface area contributed by atoms with Gasteiger partial charge in [-0.3, -0.25) is 4.79 Å². The molecule has 0 saturated heterocycles. The lowest BCUT2D eigenvalue weighted by Gasteiger charge is -2.13. The van der Waals surface area contributed by atoms with Crippen LogP contribution < -0.4 is 14.8 Å². The fraction of sp³-hybridized carbons (Fsp3) is 0.400. The van der Waals surface area contributed by atoms with Crippen molar-refractivity contribution in [2.45, 2.75) is 19.3 Å². The molecule has 1 aromatic carbocycles. The number of carbonyl (C=O) groups is 1. The van der Waals surface area contributed by atoms with Gasteiger partial charge in [-0.1, -0.05) is 12.2 Å². The fourth-order valence-electron chi connectivity index (χ4n) is 2.22. The maximum absolute atomic E-state index is 12.0. The Labute approximate surface area is 113 Å². The highest BCUT2D eigenvalue weighted by Gasteiger charge is 2.15. The molecule has 1 atom stereocenters. The zero-order valence-corrected chi connectivity index (χ0v) is 11.3. The lowest BCUT2D eigenvalue weighted by atomic mass is 10.1. The number of carbonyl (C=O) groups excluding carboxylic acids is 1. The van der Waals surface area contributed by atoms with Crippen LogP contribution in [-0.4, -0.2) is 20.1 Å². The Bertz CT molecular complexity index is 482. The molecular weight excluding hydrogens is 242 g/mol. The van der Waals surface area contributed by atoms with Gasteiger partial charge in [-0.25, -0.2) is 0 Å². The van der Waals surface area contributed by atoms with Gasteiger partial charge in [-0.05, 0) is 30.9 Å². The largest absolute Gasteiger partial charge is 0.497 e. The van der Waals surface area contributed by atoms with E-state index in [1.807, 2.05) is 0 Å². The first-order valence-electron chi connectivity index (χ1n) is 6.41. The fourth-order valence-corrected chi connectivity index (χ4v) is 2.22. The number of allylic oxidation sites excluding steroid dienone is 2. The summed E-state index contributed by atoms with van der Waals surface area (Å²) < 4.78 is 10.4. The Hall–Kier alpha value is -1.97. The van der Waals surface area contributed by atoms with Crippen LogP contribution in [0.1, 0.15) is 19.3 Å². The molecule has 0 heterocycles. The van der Waals surface area contributed by atoms with Crippen LogP contribution in [0.15, 0.2) is 30.4 Å². The normalized spacial score (nSPS) is 17.3. The van der Waals surface area contributed by atoms with E-state index in [0.29, 0.717) is 29.5 Å². The van der Waals surface area contributed by atoms with Crippen molar-refractivity contribution in [1.82, 2.24) is 0 Å². The number of anilines is 1. The number of benzene rings is 1. The van der Waals surface area contributed by atoms with Crippen LogP contribution in [0, 0.1) is 5.92 Å². The standard InChI is InChI=1S/C15H19NO3/c1-18-12-7-8-14(19-2)13(10-12)16-15(17)9-11-5-3-4-6-11/h3,5,7-8,10-11H,4,6,9H2,1-2H3,(H,16,17)/t11-/m0/s1. The average molecular weight is 261 g/mol. The van der Waals surface area contributed by atoms with Crippen molar-refractivity contribution in [3.8, 4) is 11.5 Å². The molecule has 4 nitrogen and oxygen atoms in total. The predicted octanol–water partition coefficient (Wildman–Crippen LogP) is 3.00. The van der Waals surface area contributed by atoms with E-state index in [1.54, 1.807) is 32.4 Å². The predicted molar refractivity (Wildman–Crippen MR) is 74.7 cm³/mol. The summed E-state index contributed by atoms with van der Waals surface area (Å²) in [6, 6.07) is 5.35. The molecule has 1 amide bonds. The second-order valence-corrected chi connectivity index (χ2v) is 4.58. The monoisotopic (exact) mass is 261 g/mol. The quantitative estimate of drug-likeness (QED) is 0.829. The highest BCUT2D eigenvalue weighted by molar-refractivity contribution is 5.92. The summed E-state index contributed by atoms with van der Waals surface area (Å²) in [5.74, 6) is 1.69. The molecule has 0 fully saturated rings. The molecule has 0 spiro atoms. The Balaban J connectivity index is 2.04. The number of hydrogen-bond acceptors (Lipinski definition) is 3. The first-order chi connectivity index (χ1) is 9.22. The molecule has 102 valence electrons. The van der Waals surface area contributed by atoms with Crippen LogP contribution in [0.5, 0.6) is 11.5 Å². The molecule has 1 aromatic rings. The average Bonchev–Trinajstić information content (AvgIpc) is 2.91. The number of amides is 1. The van der Waals surface area contributed by atoms with Crippen LogP contribution in [0.25, 0.3) is 0 Å². The summed E-state index contributed by atoms with van der Waals surface area (Å²) in [6.45, 7) is 0. The van der Waals surface area contributed by atoms with Gasteiger partial charge in [0.1, 0.15) is 11.5 Å². The van der Waals surface area contributed by atoms with Crippen molar-refractivity contribution in [2.75, 3.05) is 19.5 Å². The molecule has 0 aliphatic heterocycles. The molecule has 2 rings (SSSR count). The van der Waals surface area contributed by atoms with E-state index in [0.717, 1.165) is 12.8 Å². The second kappa shape index (κ2) is 6.27. The number of ether oxygens (including phenoxy) is 2. The summed E-state index contributed by atoms with van der Waals surface area (Å²) in [6.07, 6.45) is 6.88. The van der Waals surface area contributed by atoms with E-state index in [1.165, 1.54) is 0 Å². The topological polar surface area (TPSA) is 47.6 Å². The minimum Gasteiger partial charge on any atom is -0.497 e. The summed E-state index contributed by atoms with van der Waals surface area (Å²) in [7, 11) is 3.17. The molecule has 0 unspecified atom stereocenters. The van der Waals surface area contributed by atoms with E-state index in [4.69, 9.17) is 9.47 Å². The third-order valence-electron chi connectivity index (χ3n) is 3.24. The van der Waals surface area contributed by atoms with Crippen molar-refractivity contribution in [2.24, 2.45) is 5.92 Å². The van der Waals surface area contributed by atoms with Gasteiger partial charge in [0.25, 0.3) is 0 Å². The van der Waals surface area contributed by atoms with Gasteiger partial charge in [0, 0.05) is 12.5 Å². The second-order valence-electron chi connectivity index (χ2n) is 4.58. The number of methoxy groups -OCH3 is 2. The van der Waals surface area contributed by atoms with Gasteiger partial charge in [0.15, 0.2) is 0 Å². The van der Waals surface area contributed by atoms with Gasteiger partial charge >= 0.3 is 0 Å². The van der Waals surface area contributed by atoms with Gasteiger partial charge in [-0.2, -0.15) is 0 Å². The molecule has 4 heteroatoms. The van der Waals surface area contributed by atoms with Crippen molar-refractivity contribution >= 4 is 11.6 Å².